The third-order valence-electron chi connectivity index (χ3n) is 9.22. The van der Waals surface area contributed by atoms with Gasteiger partial charge in [0.05, 0.1) is 25.4 Å². The Morgan fingerprint density at radius 3 is 2.50 bits per heavy atom. The molecule has 3 fully saturated rings. The standard InChI is InChI=1S/C31H49O6P/c1-7-30(38(35,36-8-2)37-9-3)28(33)17-12-21(4)26-15-16-27-23(11-10-18-31(26,27)6)13-14-24-19-25(32)20-29(34)22(24)5/h12-14,17,21,25-27,29-30,32,34H,5,7-11,15-16,18-20H2,1-4,6H3/b17-12+,23-13+,24-14-/t21-,25-,26-,27?,29+,30?,31-/m1/s1. The Kier molecular flexibility index (Phi) is 11.0. The van der Waals surface area contributed by atoms with Gasteiger partial charge < -0.3 is 19.3 Å². The van der Waals surface area contributed by atoms with E-state index in [4.69, 9.17) is 9.05 Å². The molecule has 0 heterocycles. The van der Waals surface area contributed by atoms with Crippen molar-refractivity contribution in [3.05, 3.63) is 47.6 Å². The molecule has 0 bridgehead atoms. The fourth-order valence-electron chi connectivity index (χ4n) is 7.26. The highest BCUT2D eigenvalue weighted by Crippen LogP contribution is 2.60. The van der Waals surface area contributed by atoms with Gasteiger partial charge in [-0.15, -0.1) is 0 Å². The van der Waals surface area contributed by atoms with E-state index in [0.29, 0.717) is 31.1 Å². The number of allylic oxidation sites excluding steroid dienone is 5. The second-order valence-corrected chi connectivity index (χ2v) is 13.8. The monoisotopic (exact) mass is 548 g/mol. The van der Waals surface area contributed by atoms with E-state index < -0.39 is 25.5 Å². The zero-order valence-electron chi connectivity index (χ0n) is 24.0. The van der Waals surface area contributed by atoms with E-state index in [1.165, 1.54) is 5.57 Å². The SMILES string of the molecule is C=C1/C(=C\C=C2/CCC[C@@]3(C)C2CC[C@@H]3[C@H](C)/C=C/C(=O)C(CC)P(=O)(OCC)OCC)C[C@@H](O)C[C@@H]1O. The molecule has 0 aliphatic heterocycles. The van der Waals surface area contributed by atoms with Gasteiger partial charge in [0.2, 0.25) is 0 Å². The van der Waals surface area contributed by atoms with E-state index >= 15 is 0 Å². The number of hydrogen-bond donors (Lipinski definition) is 2. The summed E-state index contributed by atoms with van der Waals surface area (Å²) in [6.07, 6.45) is 13.6. The molecule has 0 radical (unpaired) electrons. The summed E-state index contributed by atoms with van der Waals surface area (Å²) in [6, 6.07) is 0. The number of fused-ring (bicyclic) bond motifs is 1. The van der Waals surface area contributed by atoms with Crippen LogP contribution in [0.3, 0.4) is 0 Å². The summed E-state index contributed by atoms with van der Waals surface area (Å²) in [4.78, 5) is 13.1. The molecule has 38 heavy (non-hydrogen) atoms. The molecule has 0 aromatic heterocycles. The lowest BCUT2D eigenvalue weighted by atomic mass is 9.61. The normalized spacial score (nSPS) is 34.1. The van der Waals surface area contributed by atoms with Crippen LogP contribution in [0.25, 0.3) is 0 Å². The lowest BCUT2D eigenvalue weighted by Crippen LogP contribution is -2.35. The maximum Gasteiger partial charge on any atom is 0.341 e. The van der Waals surface area contributed by atoms with Gasteiger partial charge in [-0.2, -0.15) is 0 Å². The van der Waals surface area contributed by atoms with Gasteiger partial charge in [0, 0.05) is 6.42 Å². The van der Waals surface area contributed by atoms with Crippen LogP contribution in [0.2, 0.25) is 0 Å². The topological polar surface area (TPSA) is 93.1 Å². The Hall–Kier alpha value is -1.30. The predicted molar refractivity (Wildman–Crippen MR) is 153 cm³/mol. The molecular weight excluding hydrogens is 499 g/mol. The van der Waals surface area contributed by atoms with E-state index in [9.17, 15) is 19.6 Å². The zero-order chi connectivity index (χ0) is 28.1. The fraction of sp³-hybridized carbons (Fsp3) is 0.710. The first-order valence-electron chi connectivity index (χ1n) is 14.6. The van der Waals surface area contributed by atoms with Crippen LogP contribution in [0.1, 0.15) is 86.0 Å². The molecule has 2 unspecified atom stereocenters. The van der Waals surface area contributed by atoms with Crippen LogP contribution in [0.5, 0.6) is 0 Å². The Morgan fingerprint density at radius 2 is 1.87 bits per heavy atom. The largest absolute Gasteiger partial charge is 0.393 e. The molecule has 0 amide bonds. The highest BCUT2D eigenvalue weighted by atomic mass is 31.2. The molecule has 7 atom stereocenters. The Morgan fingerprint density at radius 1 is 1.18 bits per heavy atom. The summed E-state index contributed by atoms with van der Waals surface area (Å²) in [6.45, 7) is 14.5. The van der Waals surface area contributed by atoms with E-state index in [2.05, 4.69) is 32.6 Å². The number of aliphatic hydroxyl groups excluding tert-OH is 2. The van der Waals surface area contributed by atoms with Gasteiger partial charge in [-0.1, -0.05) is 51.2 Å². The van der Waals surface area contributed by atoms with Crippen molar-refractivity contribution >= 4 is 13.4 Å². The van der Waals surface area contributed by atoms with Gasteiger partial charge in [-0.25, -0.2) is 0 Å². The minimum atomic E-state index is -3.50. The van der Waals surface area contributed by atoms with Crippen molar-refractivity contribution in [2.75, 3.05) is 13.2 Å². The number of hydrogen-bond acceptors (Lipinski definition) is 6. The molecule has 3 aliphatic rings. The summed E-state index contributed by atoms with van der Waals surface area (Å²) in [5, 5.41) is 20.3. The maximum absolute atomic E-state index is 13.3. The second-order valence-electron chi connectivity index (χ2n) is 11.6. The molecule has 0 aromatic carbocycles. The van der Waals surface area contributed by atoms with Gasteiger partial charge >= 0.3 is 7.60 Å². The van der Waals surface area contributed by atoms with Crippen LogP contribution < -0.4 is 0 Å². The summed E-state index contributed by atoms with van der Waals surface area (Å²) in [5.74, 6) is 0.964. The average molecular weight is 549 g/mol. The van der Waals surface area contributed by atoms with Gasteiger partial charge in [0.15, 0.2) is 5.78 Å². The molecule has 6 nitrogen and oxygen atoms in total. The van der Waals surface area contributed by atoms with Crippen LogP contribution in [0.4, 0.5) is 0 Å². The first-order valence-corrected chi connectivity index (χ1v) is 16.2. The predicted octanol–water partition coefficient (Wildman–Crippen LogP) is 6.93. The van der Waals surface area contributed by atoms with Crippen molar-refractivity contribution in [3.63, 3.8) is 0 Å². The van der Waals surface area contributed by atoms with Crippen molar-refractivity contribution in [3.8, 4) is 0 Å². The number of rotatable bonds is 11. The van der Waals surface area contributed by atoms with Crippen molar-refractivity contribution in [1.29, 1.82) is 0 Å². The average Bonchev–Trinajstić information content (AvgIpc) is 3.22. The van der Waals surface area contributed by atoms with Gasteiger partial charge in [-0.05, 0) is 99.2 Å². The molecule has 7 heteroatoms. The number of carbonyl (C=O) groups is 1. The van der Waals surface area contributed by atoms with Crippen LogP contribution in [0.15, 0.2) is 47.6 Å². The quantitative estimate of drug-likeness (QED) is 0.215. The van der Waals surface area contributed by atoms with Gasteiger partial charge in [-0.3, -0.25) is 9.36 Å². The molecule has 0 saturated heterocycles. The van der Waals surface area contributed by atoms with Crippen molar-refractivity contribution in [1.82, 2.24) is 0 Å². The summed E-state index contributed by atoms with van der Waals surface area (Å²) < 4.78 is 24.2. The minimum absolute atomic E-state index is 0.147. The van der Waals surface area contributed by atoms with E-state index in [1.807, 2.05) is 13.0 Å². The van der Waals surface area contributed by atoms with Crippen LogP contribution >= 0.6 is 7.60 Å². The first-order chi connectivity index (χ1) is 18.0. The van der Waals surface area contributed by atoms with Crippen LogP contribution in [-0.2, 0) is 18.4 Å². The molecule has 0 aromatic rings. The minimum Gasteiger partial charge on any atom is -0.393 e. The fourth-order valence-corrected chi connectivity index (χ4v) is 9.26. The molecule has 214 valence electrons. The molecule has 3 rings (SSSR count). The highest BCUT2D eigenvalue weighted by Gasteiger charge is 2.50. The van der Waals surface area contributed by atoms with Crippen molar-refractivity contribution < 1.29 is 28.6 Å². The third kappa shape index (κ3) is 6.70. The van der Waals surface area contributed by atoms with Gasteiger partial charge in [0.1, 0.15) is 5.66 Å². The van der Waals surface area contributed by atoms with Crippen LogP contribution in [-0.4, -0.2) is 47.1 Å². The summed E-state index contributed by atoms with van der Waals surface area (Å²) in [5.41, 5.74) is 2.49. The number of ketones is 1. The second kappa shape index (κ2) is 13.4. The number of aliphatic hydroxyl groups is 2. The lowest BCUT2D eigenvalue weighted by Gasteiger charge is -2.44. The summed E-state index contributed by atoms with van der Waals surface area (Å²) >= 11 is 0. The Bertz CT molecular complexity index is 986. The van der Waals surface area contributed by atoms with Gasteiger partial charge in [0.25, 0.3) is 0 Å². The van der Waals surface area contributed by atoms with E-state index in [-0.39, 0.29) is 30.3 Å². The molecule has 0 spiro atoms. The Labute approximate surface area is 229 Å². The highest BCUT2D eigenvalue weighted by molar-refractivity contribution is 7.55. The molecule has 3 aliphatic carbocycles. The van der Waals surface area contributed by atoms with Crippen molar-refractivity contribution in [2.45, 2.75) is 104 Å². The van der Waals surface area contributed by atoms with Crippen LogP contribution in [0, 0.1) is 23.2 Å². The molecule has 3 saturated carbocycles. The number of carbonyl (C=O) groups excluding carboxylic acids is 1. The Balaban J connectivity index is 1.75. The lowest BCUT2D eigenvalue weighted by molar-refractivity contribution is -0.114. The van der Waals surface area contributed by atoms with Crippen molar-refractivity contribution in [2.24, 2.45) is 23.2 Å². The maximum atomic E-state index is 13.3. The molecular formula is C31H49O6P. The third-order valence-corrected chi connectivity index (χ3v) is 11.8. The van der Waals surface area contributed by atoms with E-state index in [1.54, 1.807) is 19.9 Å². The van der Waals surface area contributed by atoms with E-state index in [0.717, 1.165) is 43.3 Å². The zero-order valence-corrected chi connectivity index (χ0v) is 24.9. The smallest absolute Gasteiger partial charge is 0.341 e. The first kappa shape index (κ1) is 31.2. The summed E-state index contributed by atoms with van der Waals surface area (Å²) in [7, 11) is -3.50. The molecule has 2 N–H and O–H groups in total.